The van der Waals surface area contributed by atoms with E-state index >= 15 is 0 Å². The number of rotatable bonds is 1. The molecular weight excluding hydrogens is 147 g/mol. The van der Waals surface area contributed by atoms with Gasteiger partial charge in [0.15, 0.2) is 5.15 Å². The molecule has 1 aromatic heterocycles. The maximum absolute atomic E-state index is 5.51. The molecular formula is C4H4Cl2N2. The van der Waals surface area contributed by atoms with Crippen molar-refractivity contribution in [2.24, 2.45) is 0 Å². The standard InChI is InChI=1S/C4H4Cl2N2/c5-1-3-4(6)8-2-7-3/h2H,1H2,(H,7,8). The van der Waals surface area contributed by atoms with Gasteiger partial charge in [-0.05, 0) is 0 Å². The number of halogens is 2. The van der Waals surface area contributed by atoms with Crippen LogP contribution in [0.5, 0.6) is 0 Å². The largest absolute Gasteiger partial charge is 0.346 e. The molecule has 1 rings (SSSR count). The quantitative estimate of drug-likeness (QED) is 0.609. The van der Waals surface area contributed by atoms with Gasteiger partial charge in [0.25, 0.3) is 0 Å². The number of nitrogens with one attached hydrogen (secondary N) is 1. The van der Waals surface area contributed by atoms with E-state index in [4.69, 9.17) is 23.2 Å². The number of imidazole rings is 1. The molecule has 0 aromatic carbocycles. The number of aromatic nitrogens is 2. The summed E-state index contributed by atoms with van der Waals surface area (Å²) in [4.78, 5) is 6.49. The van der Waals surface area contributed by atoms with Crippen LogP contribution in [0.25, 0.3) is 0 Å². The van der Waals surface area contributed by atoms with E-state index in [-0.39, 0.29) is 0 Å². The molecule has 1 heterocycles. The van der Waals surface area contributed by atoms with E-state index in [2.05, 4.69) is 9.97 Å². The highest BCUT2D eigenvalue weighted by Crippen LogP contribution is 2.10. The molecule has 1 aromatic rings. The summed E-state index contributed by atoms with van der Waals surface area (Å²) in [5.74, 6) is 0.388. The molecule has 0 aliphatic carbocycles. The van der Waals surface area contributed by atoms with E-state index in [1.807, 2.05) is 0 Å². The van der Waals surface area contributed by atoms with Gasteiger partial charge in [0, 0.05) is 0 Å². The molecule has 0 saturated heterocycles. The number of hydrogen-bond acceptors (Lipinski definition) is 1. The zero-order chi connectivity index (χ0) is 5.98. The van der Waals surface area contributed by atoms with Gasteiger partial charge in [0.1, 0.15) is 0 Å². The summed E-state index contributed by atoms with van der Waals surface area (Å²) in [7, 11) is 0. The van der Waals surface area contributed by atoms with Crippen LogP contribution in [0, 0.1) is 0 Å². The fourth-order valence-corrected chi connectivity index (χ4v) is 0.840. The number of aromatic amines is 1. The van der Waals surface area contributed by atoms with Crippen molar-refractivity contribution in [3.8, 4) is 0 Å². The SMILES string of the molecule is ClCc1[nH]cnc1Cl. The molecule has 0 unspecified atom stereocenters. The smallest absolute Gasteiger partial charge is 0.151 e. The Morgan fingerprint density at radius 3 is 2.75 bits per heavy atom. The van der Waals surface area contributed by atoms with E-state index in [1.54, 1.807) is 0 Å². The van der Waals surface area contributed by atoms with E-state index in [0.717, 1.165) is 5.69 Å². The highest BCUT2D eigenvalue weighted by Gasteiger charge is 1.97. The number of H-pyrrole nitrogens is 1. The molecule has 44 valence electrons. The van der Waals surface area contributed by atoms with Crippen LogP contribution in [0.4, 0.5) is 0 Å². The highest BCUT2D eigenvalue weighted by atomic mass is 35.5. The Morgan fingerprint density at radius 2 is 2.50 bits per heavy atom. The second-order valence-corrected chi connectivity index (χ2v) is 1.93. The monoisotopic (exact) mass is 150 g/mol. The molecule has 0 bridgehead atoms. The Morgan fingerprint density at radius 1 is 1.75 bits per heavy atom. The van der Waals surface area contributed by atoms with E-state index < -0.39 is 0 Å². The number of nitrogens with zero attached hydrogens (tertiary/aromatic N) is 1. The fourth-order valence-electron chi connectivity index (χ4n) is 0.398. The lowest BCUT2D eigenvalue weighted by Crippen LogP contribution is -1.74. The van der Waals surface area contributed by atoms with Crippen molar-refractivity contribution in [3.05, 3.63) is 17.2 Å². The average molecular weight is 151 g/mol. The minimum absolute atomic E-state index is 0.388. The summed E-state index contributed by atoms with van der Waals surface area (Å²) >= 11 is 10.9. The molecule has 0 spiro atoms. The van der Waals surface area contributed by atoms with Gasteiger partial charge >= 0.3 is 0 Å². The maximum atomic E-state index is 5.51. The summed E-state index contributed by atoms with van der Waals surface area (Å²) in [6, 6.07) is 0. The Kier molecular flexibility index (Phi) is 1.76. The highest BCUT2D eigenvalue weighted by molar-refractivity contribution is 6.30. The van der Waals surface area contributed by atoms with Crippen LogP contribution in [-0.4, -0.2) is 9.97 Å². The zero-order valence-corrected chi connectivity index (χ0v) is 5.50. The van der Waals surface area contributed by atoms with Gasteiger partial charge in [-0.25, -0.2) is 4.98 Å². The van der Waals surface area contributed by atoms with Crippen LogP contribution in [0.1, 0.15) is 5.69 Å². The summed E-state index contributed by atoms with van der Waals surface area (Å²) in [5.41, 5.74) is 0.772. The van der Waals surface area contributed by atoms with Crippen LogP contribution < -0.4 is 0 Å². The maximum Gasteiger partial charge on any atom is 0.151 e. The number of alkyl halides is 1. The van der Waals surface area contributed by atoms with Gasteiger partial charge in [-0.3, -0.25) is 0 Å². The minimum Gasteiger partial charge on any atom is -0.346 e. The molecule has 0 radical (unpaired) electrons. The number of hydrogen-bond donors (Lipinski definition) is 1. The van der Waals surface area contributed by atoms with Gasteiger partial charge in [0.05, 0.1) is 17.9 Å². The van der Waals surface area contributed by atoms with Gasteiger partial charge in [-0.2, -0.15) is 0 Å². The molecule has 0 fully saturated rings. The Balaban J connectivity index is 2.92. The second kappa shape index (κ2) is 2.37. The first-order chi connectivity index (χ1) is 3.84. The Bertz CT molecular complexity index is 172. The lowest BCUT2D eigenvalue weighted by molar-refractivity contribution is 1.22. The third-order valence-corrected chi connectivity index (χ3v) is 1.39. The van der Waals surface area contributed by atoms with Gasteiger partial charge in [-0.15, -0.1) is 11.6 Å². The molecule has 0 aliphatic rings. The van der Waals surface area contributed by atoms with Crippen LogP contribution in [0.3, 0.4) is 0 Å². The summed E-state index contributed by atoms with van der Waals surface area (Å²) in [6.07, 6.45) is 1.51. The molecule has 0 amide bonds. The van der Waals surface area contributed by atoms with Gasteiger partial charge < -0.3 is 4.98 Å². The van der Waals surface area contributed by atoms with Crippen molar-refractivity contribution in [2.45, 2.75) is 5.88 Å². The fraction of sp³-hybridized carbons (Fsp3) is 0.250. The lowest BCUT2D eigenvalue weighted by Gasteiger charge is -1.83. The van der Waals surface area contributed by atoms with Crippen molar-refractivity contribution in [1.82, 2.24) is 9.97 Å². The third kappa shape index (κ3) is 0.956. The molecule has 0 saturated carbocycles. The van der Waals surface area contributed by atoms with E-state index in [1.165, 1.54) is 6.33 Å². The van der Waals surface area contributed by atoms with E-state index in [9.17, 15) is 0 Å². The predicted octanol–water partition coefficient (Wildman–Crippen LogP) is 1.80. The molecule has 1 N–H and O–H groups in total. The van der Waals surface area contributed by atoms with Crippen LogP contribution in [0.15, 0.2) is 6.33 Å². The van der Waals surface area contributed by atoms with Crippen LogP contribution in [0.2, 0.25) is 5.15 Å². The van der Waals surface area contributed by atoms with Crippen LogP contribution >= 0.6 is 23.2 Å². The minimum atomic E-state index is 0.388. The van der Waals surface area contributed by atoms with Crippen LogP contribution in [-0.2, 0) is 5.88 Å². The topological polar surface area (TPSA) is 28.7 Å². The van der Waals surface area contributed by atoms with Gasteiger partial charge in [0.2, 0.25) is 0 Å². The molecule has 0 atom stereocenters. The third-order valence-electron chi connectivity index (χ3n) is 0.799. The molecule has 8 heavy (non-hydrogen) atoms. The van der Waals surface area contributed by atoms with Crippen molar-refractivity contribution in [1.29, 1.82) is 0 Å². The van der Waals surface area contributed by atoms with Crippen molar-refractivity contribution in [3.63, 3.8) is 0 Å². The first-order valence-corrected chi connectivity index (χ1v) is 2.99. The first-order valence-electron chi connectivity index (χ1n) is 2.08. The Labute approximate surface area is 56.8 Å². The summed E-state index contributed by atoms with van der Waals surface area (Å²) in [5, 5.41) is 0.458. The Hall–Kier alpha value is -0.210. The lowest BCUT2D eigenvalue weighted by atomic mass is 10.6. The normalized spacial score (nSPS) is 9.75. The summed E-state index contributed by atoms with van der Waals surface area (Å²) < 4.78 is 0. The molecule has 0 aliphatic heterocycles. The predicted molar refractivity (Wildman–Crippen MR) is 33.2 cm³/mol. The molecule has 2 nitrogen and oxygen atoms in total. The van der Waals surface area contributed by atoms with Crippen molar-refractivity contribution < 1.29 is 0 Å². The van der Waals surface area contributed by atoms with Crippen molar-refractivity contribution >= 4 is 23.2 Å². The first kappa shape index (κ1) is 5.92. The van der Waals surface area contributed by atoms with Gasteiger partial charge in [-0.1, -0.05) is 11.6 Å². The van der Waals surface area contributed by atoms with E-state index in [0.29, 0.717) is 11.0 Å². The summed E-state index contributed by atoms with van der Waals surface area (Å²) in [6.45, 7) is 0. The zero-order valence-electron chi connectivity index (χ0n) is 3.99. The average Bonchev–Trinajstić information content (AvgIpc) is 2.14. The molecule has 4 heteroatoms. The van der Waals surface area contributed by atoms with Crippen molar-refractivity contribution in [2.75, 3.05) is 0 Å². The second-order valence-electron chi connectivity index (χ2n) is 1.31.